The SMILES string of the molecule is O=C(O)CNC(=O)CNC(=O)COc1ccc2ccccc2c1. The second-order valence-electron chi connectivity index (χ2n) is 4.74. The van der Waals surface area contributed by atoms with Crippen molar-refractivity contribution in [1.29, 1.82) is 0 Å². The number of carbonyl (C=O) groups excluding carboxylic acids is 2. The van der Waals surface area contributed by atoms with Gasteiger partial charge in [0.2, 0.25) is 5.91 Å². The number of benzene rings is 2. The van der Waals surface area contributed by atoms with E-state index < -0.39 is 24.3 Å². The highest BCUT2D eigenvalue weighted by Crippen LogP contribution is 2.20. The standard InChI is InChI=1S/C16H16N2O5/c19-14(18-9-16(21)22)8-17-15(20)10-23-13-6-5-11-3-1-2-4-12(11)7-13/h1-7H,8-10H2,(H,17,20)(H,18,19)(H,21,22). The van der Waals surface area contributed by atoms with Crippen molar-refractivity contribution < 1.29 is 24.2 Å². The maximum Gasteiger partial charge on any atom is 0.322 e. The molecule has 2 aromatic rings. The van der Waals surface area contributed by atoms with E-state index in [1.54, 1.807) is 6.07 Å². The summed E-state index contributed by atoms with van der Waals surface area (Å²) in [6.45, 7) is -1.01. The van der Waals surface area contributed by atoms with E-state index in [0.717, 1.165) is 10.8 Å². The Balaban J connectivity index is 1.77. The van der Waals surface area contributed by atoms with Gasteiger partial charge in [0.05, 0.1) is 6.54 Å². The summed E-state index contributed by atoms with van der Waals surface area (Å²) in [6.07, 6.45) is 0. The summed E-state index contributed by atoms with van der Waals surface area (Å²) >= 11 is 0. The Hall–Kier alpha value is -3.09. The molecule has 0 unspecified atom stereocenters. The first-order chi connectivity index (χ1) is 11.0. The van der Waals surface area contributed by atoms with Gasteiger partial charge in [-0.1, -0.05) is 30.3 Å². The van der Waals surface area contributed by atoms with E-state index in [2.05, 4.69) is 10.6 Å². The number of amides is 2. The number of nitrogens with one attached hydrogen (secondary N) is 2. The molecule has 7 nitrogen and oxygen atoms in total. The molecule has 23 heavy (non-hydrogen) atoms. The fourth-order valence-corrected chi connectivity index (χ4v) is 1.87. The quantitative estimate of drug-likeness (QED) is 0.691. The van der Waals surface area contributed by atoms with E-state index in [1.807, 2.05) is 36.4 Å². The average Bonchev–Trinajstić information content (AvgIpc) is 2.56. The predicted octanol–water partition coefficient (Wildman–Crippen LogP) is 0.536. The van der Waals surface area contributed by atoms with Crippen molar-refractivity contribution in [3.8, 4) is 5.75 Å². The van der Waals surface area contributed by atoms with Crippen LogP contribution in [0.3, 0.4) is 0 Å². The Morgan fingerprint density at radius 1 is 0.913 bits per heavy atom. The first-order valence-corrected chi connectivity index (χ1v) is 6.91. The number of rotatable bonds is 7. The molecule has 2 aromatic carbocycles. The van der Waals surface area contributed by atoms with Crippen LogP contribution in [0.15, 0.2) is 42.5 Å². The number of carboxylic acids is 1. The summed E-state index contributed by atoms with van der Waals surface area (Å²) in [5.41, 5.74) is 0. The van der Waals surface area contributed by atoms with Crippen LogP contribution in [-0.2, 0) is 14.4 Å². The minimum Gasteiger partial charge on any atom is -0.484 e. The van der Waals surface area contributed by atoms with Crippen molar-refractivity contribution in [1.82, 2.24) is 10.6 Å². The van der Waals surface area contributed by atoms with Crippen molar-refractivity contribution >= 4 is 28.6 Å². The van der Waals surface area contributed by atoms with Gasteiger partial charge >= 0.3 is 5.97 Å². The maximum absolute atomic E-state index is 11.6. The summed E-state index contributed by atoms with van der Waals surface area (Å²) in [6, 6.07) is 13.2. The normalized spacial score (nSPS) is 10.1. The minimum absolute atomic E-state index is 0.232. The Bertz CT molecular complexity index is 729. The van der Waals surface area contributed by atoms with E-state index in [9.17, 15) is 14.4 Å². The largest absolute Gasteiger partial charge is 0.484 e. The molecule has 0 fully saturated rings. The third kappa shape index (κ3) is 5.31. The number of aliphatic carboxylic acids is 1. The van der Waals surface area contributed by atoms with Crippen LogP contribution in [0.25, 0.3) is 10.8 Å². The highest BCUT2D eigenvalue weighted by atomic mass is 16.5. The molecule has 0 radical (unpaired) electrons. The Kier molecular flexibility index (Phi) is 5.51. The lowest BCUT2D eigenvalue weighted by molar-refractivity contribution is -0.137. The van der Waals surface area contributed by atoms with Gasteiger partial charge in [-0.2, -0.15) is 0 Å². The van der Waals surface area contributed by atoms with Gasteiger partial charge in [-0.15, -0.1) is 0 Å². The molecule has 3 N–H and O–H groups in total. The number of carbonyl (C=O) groups is 3. The van der Waals surface area contributed by atoms with Crippen LogP contribution in [0, 0.1) is 0 Å². The predicted molar refractivity (Wildman–Crippen MR) is 83.1 cm³/mol. The Morgan fingerprint density at radius 3 is 2.35 bits per heavy atom. The zero-order chi connectivity index (χ0) is 16.7. The van der Waals surface area contributed by atoms with E-state index in [1.165, 1.54) is 0 Å². The van der Waals surface area contributed by atoms with E-state index in [-0.39, 0.29) is 13.2 Å². The molecule has 0 aliphatic rings. The topological polar surface area (TPSA) is 105 Å². The fourth-order valence-electron chi connectivity index (χ4n) is 1.87. The average molecular weight is 316 g/mol. The van der Waals surface area contributed by atoms with Gasteiger partial charge in [0.25, 0.3) is 5.91 Å². The maximum atomic E-state index is 11.6. The van der Waals surface area contributed by atoms with Crippen molar-refractivity contribution in [2.45, 2.75) is 0 Å². The zero-order valence-corrected chi connectivity index (χ0v) is 12.2. The molecule has 0 bridgehead atoms. The van der Waals surface area contributed by atoms with Crippen LogP contribution >= 0.6 is 0 Å². The lowest BCUT2D eigenvalue weighted by Gasteiger charge is -2.08. The van der Waals surface area contributed by atoms with E-state index >= 15 is 0 Å². The third-order valence-corrected chi connectivity index (χ3v) is 2.97. The van der Waals surface area contributed by atoms with Crippen LogP contribution in [0.5, 0.6) is 5.75 Å². The molecule has 0 spiro atoms. The van der Waals surface area contributed by atoms with Crippen molar-refractivity contribution in [3.63, 3.8) is 0 Å². The van der Waals surface area contributed by atoms with Gasteiger partial charge in [0, 0.05) is 0 Å². The lowest BCUT2D eigenvalue weighted by atomic mass is 10.1. The molecule has 0 aromatic heterocycles. The highest BCUT2D eigenvalue weighted by molar-refractivity contribution is 5.87. The molecule has 2 amide bonds. The molecular formula is C16H16N2O5. The molecule has 0 aliphatic heterocycles. The molecule has 0 saturated heterocycles. The number of ether oxygens (including phenoxy) is 1. The van der Waals surface area contributed by atoms with Gasteiger partial charge in [-0.05, 0) is 22.9 Å². The molecule has 0 saturated carbocycles. The lowest BCUT2D eigenvalue weighted by Crippen LogP contribution is -2.40. The highest BCUT2D eigenvalue weighted by Gasteiger charge is 2.07. The molecule has 0 heterocycles. The molecule has 120 valence electrons. The molecule has 7 heteroatoms. The number of fused-ring (bicyclic) bond motifs is 1. The summed E-state index contributed by atoms with van der Waals surface area (Å²) in [5.74, 6) is -1.64. The van der Waals surface area contributed by atoms with Crippen LogP contribution in [-0.4, -0.2) is 42.6 Å². The summed E-state index contributed by atoms with van der Waals surface area (Å²) < 4.78 is 5.37. The van der Waals surface area contributed by atoms with Gasteiger partial charge in [-0.3, -0.25) is 14.4 Å². The summed E-state index contributed by atoms with van der Waals surface area (Å²) in [7, 11) is 0. The van der Waals surface area contributed by atoms with E-state index in [4.69, 9.17) is 9.84 Å². The van der Waals surface area contributed by atoms with Crippen molar-refractivity contribution in [2.75, 3.05) is 19.7 Å². The van der Waals surface area contributed by atoms with Crippen LogP contribution in [0.1, 0.15) is 0 Å². The first kappa shape index (κ1) is 16.3. The second kappa shape index (κ2) is 7.79. The third-order valence-electron chi connectivity index (χ3n) is 2.97. The minimum atomic E-state index is -1.15. The van der Waals surface area contributed by atoms with Crippen molar-refractivity contribution in [3.05, 3.63) is 42.5 Å². The van der Waals surface area contributed by atoms with Crippen molar-refractivity contribution in [2.24, 2.45) is 0 Å². The second-order valence-corrected chi connectivity index (χ2v) is 4.74. The van der Waals surface area contributed by atoms with Gasteiger partial charge in [0.15, 0.2) is 6.61 Å². The molecule has 2 rings (SSSR count). The molecule has 0 aliphatic carbocycles. The Labute approximate surface area is 132 Å². The number of hydrogen-bond acceptors (Lipinski definition) is 4. The van der Waals surface area contributed by atoms with Crippen LogP contribution in [0.4, 0.5) is 0 Å². The number of hydrogen-bond donors (Lipinski definition) is 3. The smallest absolute Gasteiger partial charge is 0.322 e. The summed E-state index contributed by atoms with van der Waals surface area (Å²) in [5, 5.41) is 15.0. The van der Waals surface area contributed by atoms with E-state index in [0.29, 0.717) is 5.75 Å². The Morgan fingerprint density at radius 2 is 1.61 bits per heavy atom. The summed E-state index contributed by atoms with van der Waals surface area (Å²) in [4.78, 5) is 33.1. The first-order valence-electron chi connectivity index (χ1n) is 6.91. The van der Waals surface area contributed by atoms with Crippen LogP contribution in [0.2, 0.25) is 0 Å². The molecule has 0 atom stereocenters. The molecular weight excluding hydrogens is 300 g/mol. The van der Waals surface area contributed by atoms with Crippen LogP contribution < -0.4 is 15.4 Å². The fraction of sp³-hybridized carbons (Fsp3) is 0.188. The number of carboxylic acid groups (broad SMARTS) is 1. The van der Waals surface area contributed by atoms with Gasteiger partial charge in [-0.25, -0.2) is 0 Å². The van der Waals surface area contributed by atoms with Gasteiger partial charge in [0.1, 0.15) is 12.3 Å². The monoisotopic (exact) mass is 316 g/mol. The zero-order valence-electron chi connectivity index (χ0n) is 12.2. The van der Waals surface area contributed by atoms with Gasteiger partial charge < -0.3 is 20.5 Å².